The van der Waals surface area contributed by atoms with Gasteiger partial charge in [0.1, 0.15) is 12.3 Å². The summed E-state index contributed by atoms with van der Waals surface area (Å²) in [6.07, 6.45) is 0. The Kier molecular flexibility index (Phi) is 6.21. The normalized spacial score (nSPS) is 10.8. The molecule has 0 spiro atoms. The van der Waals surface area contributed by atoms with Crippen molar-refractivity contribution in [2.75, 3.05) is 13.2 Å². The summed E-state index contributed by atoms with van der Waals surface area (Å²) >= 11 is 0. The zero-order valence-electron chi connectivity index (χ0n) is 13.0. The Hall–Kier alpha value is -2.04. The van der Waals surface area contributed by atoms with Crippen molar-refractivity contribution in [1.82, 2.24) is 4.90 Å². The Morgan fingerprint density at radius 2 is 1.71 bits per heavy atom. The van der Waals surface area contributed by atoms with E-state index in [0.29, 0.717) is 23.8 Å². The summed E-state index contributed by atoms with van der Waals surface area (Å²) < 4.78 is 5.56. The van der Waals surface area contributed by atoms with Crippen molar-refractivity contribution < 1.29 is 19.4 Å². The number of rotatable bonds is 7. The van der Waals surface area contributed by atoms with Crippen LogP contribution in [0.2, 0.25) is 0 Å². The third kappa shape index (κ3) is 5.45. The molecule has 0 radical (unpaired) electrons. The van der Waals surface area contributed by atoms with Gasteiger partial charge >= 0.3 is 5.97 Å². The van der Waals surface area contributed by atoms with Crippen molar-refractivity contribution in [3.8, 4) is 5.75 Å². The molecule has 0 aliphatic heterocycles. The maximum Gasteiger partial charge on any atom is 0.323 e. The third-order valence-electron chi connectivity index (χ3n) is 2.87. The molecule has 5 nitrogen and oxygen atoms in total. The molecular formula is C16H23NO4. The molecule has 0 aromatic heterocycles. The second kappa shape index (κ2) is 7.67. The summed E-state index contributed by atoms with van der Waals surface area (Å²) in [5, 5.41) is 8.88. The molecule has 0 unspecified atom stereocenters. The average molecular weight is 293 g/mol. The van der Waals surface area contributed by atoms with E-state index in [4.69, 9.17) is 9.84 Å². The number of hydrogen-bond acceptors (Lipinski definition) is 3. The van der Waals surface area contributed by atoms with Crippen LogP contribution in [0.3, 0.4) is 0 Å². The molecule has 0 bridgehead atoms. The van der Waals surface area contributed by atoms with Gasteiger partial charge in [0.15, 0.2) is 0 Å². The topological polar surface area (TPSA) is 66.8 Å². The number of carbonyl (C=O) groups is 2. The molecule has 1 N–H and O–H groups in total. The number of nitrogens with zero attached hydrogens (tertiary/aromatic N) is 1. The molecule has 0 saturated heterocycles. The van der Waals surface area contributed by atoms with Gasteiger partial charge in [0.2, 0.25) is 0 Å². The number of carbonyl (C=O) groups excluding carboxylic acids is 1. The van der Waals surface area contributed by atoms with E-state index in [2.05, 4.69) is 13.8 Å². The van der Waals surface area contributed by atoms with Gasteiger partial charge < -0.3 is 14.7 Å². The predicted molar refractivity (Wildman–Crippen MR) is 80.6 cm³/mol. The second-order valence-electron chi connectivity index (χ2n) is 5.65. The minimum Gasteiger partial charge on any atom is -0.493 e. The number of aliphatic carboxylic acids is 1. The van der Waals surface area contributed by atoms with Gasteiger partial charge in [-0.05, 0) is 44.0 Å². The molecule has 1 aromatic rings. The van der Waals surface area contributed by atoms with E-state index in [1.807, 2.05) is 0 Å². The van der Waals surface area contributed by atoms with Crippen LogP contribution in [0.4, 0.5) is 0 Å². The Morgan fingerprint density at radius 1 is 1.14 bits per heavy atom. The maximum atomic E-state index is 12.3. The number of benzene rings is 1. The lowest BCUT2D eigenvalue weighted by atomic mass is 10.1. The zero-order valence-corrected chi connectivity index (χ0v) is 13.0. The summed E-state index contributed by atoms with van der Waals surface area (Å²) in [6.45, 7) is 8.02. The van der Waals surface area contributed by atoms with E-state index in [1.54, 1.807) is 38.1 Å². The molecule has 1 rings (SSSR count). The fourth-order valence-corrected chi connectivity index (χ4v) is 1.76. The van der Waals surface area contributed by atoms with Gasteiger partial charge in [-0.3, -0.25) is 9.59 Å². The highest BCUT2D eigenvalue weighted by molar-refractivity contribution is 5.96. The Morgan fingerprint density at radius 3 is 2.14 bits per heavy atom. The van der Waals surface area contributed by atoms with Crippen molar-refractivity contribution in [1.29, 1.82) is 0 Å². The van der Waals surface area contributed by atoms with Crippen LogP contribution in [-0.2, 0) is 4.79 Å². The van der Waals surface area contributed by atoms with Crippen molar-refractivity contribution in [3.05, 3.63) is 29.8 Å². The van der Waals surface area contributed by atoms with Gasteiger partial charge in [-0.1, -0.05) is 13.8 Å². The third-order valence-corrected chi connectivity index (χ3v) is 2.87. The summed E-state index contributed by atoms with van der Waals surface area (Å²) in [5.74, 6) is -0.176. The molecule has 116 valence electrons. The van der Waals surface area contributed by atoms with Gasteiger partial charge in [0.05, 0.1) is 6.61 Å². The van der Waals surface area contributed by atoms with Crippen LogP contribution in [0.25, 0.3) is 0 Å². The fraction of sp³-hybridized carbons (Fsp3) is 0.500. The summed E-state index contributed by atoms with van der Waals surface area (Å²) in [7, 11) is 0. The van der Waals surface area contributed by atoms with Gasteiger partial charge in [-0.15, -0.1) is 0 Å². The van der Waals surface area contributed by atoms with Crippen LogP contribution in [0.1, 0.15) is 38.1 Å². The van der Waals surface area contributed by atoms with Crippen LogP contribution in [0.15, 0.2) is 24.3 Å². The van der Waals surface area contributed by atoms with Crippen LogP contribution in [-0.4, -0.2) is 41.1 Å². The van der Waals surface area contributed by atoms with E-state index in [1.165, 1.54) is 4.90 Å². The minimum atomic E-state index is -1.02. The largest absolute Gasteiger partial charge is 0.493 e. The van der Waals surface area contributed by atoms with Crippen molar-refractivity contribution in [3.63, 3.8) is 0 Å². The SMILES string of the molecule is CC(C)COc1ccc(C(=O)N(CC(=O)O)C(C)C)cc1. The smallest absolute Gasteiger partial charge is 0.323 e. The molecule has 0 saturated carbocycles. The second-order valence-corrected chi connectivity index (χ2v) is 5.65. The highest BCUT2D eigenvalue weighted by Gasteiger charge is 2.21. The van der Waals surface area contributed by atoms with Gasteiger partial charge in [-0.25, -0.2) is 0 Å². The van der Waals surface area contributed by atoms with Crippen LogP contribution < -0.4 is 4.74 Å². The van der Waals surface area contributed by atoms with E-state index in [9.17, 15) is 9.59 Å². The first-order valence-electron chi connectivity index (χ1n) is 7.07. The maximum absolute atomic E-state index is 12.3. The number of carboxylic acid groups (broad SMARTS) is 1. The van der Waals surface area contributed by atoms with Crippen molar-refractivity contribution in [2.45, 2.75) is 33.7 Å². The first-order chi connectivity index (χ1) is 9.81. The quantitative estimate of drug-likeness (QED) is 0.839. The Labute approximate surface area is 125 Å². The molecule has 0 fully saturated rings. The van der Waals surface area contributed by atoms with Gasteiger partial charge in [-0.2, -0.15) is 0 Å². The number of hydrogen-bond donors (Lipinski definition) is 1. The van der Waals surface area contributed by atoms with E-state index < -0.39 is 5.97 Å². The molecule has 0 aliphatic rings. The van der Waals surface area contributed by atoms with Crippen molar-refractivity contribution in [2.24, 2.45) is 5.92 Å². The summed E-state index contributed by atoms with van der Waals surface area (Å²) in [6, 6.07) is 6.61. The van der Waals surface area contributed by atoms with Crippen LogP contribution in [0, 0.1) is 5.92 Å². The summed E-state index contributed by atoms with van der Waals surface area (Å²) in [5.41, 5.74) is 0.460. The molecule has 21 heavy (non-hydrogen) atoms. The van der Waals surface area contributed by atoms with Crippen molar-refractivity contribution >= 4 is 11.9 Å². The number of carboxylic acids is 1. The predicted octanol–water partition coefficient (Wildman–Crippen LogP) is 2.66. The minimum absolute atomic E-state index is 0.175. The molecule has 0 heterocycles. The lowest BCUT2D eigenvalue weighted by Crippen LogP contribution is -2.40. The first-order valence-corrected chi connectivity index (χ1v) is 7.07. The standard InChI is InChI=1S/C16H23NO4/c1-11(2)10-21-14-7-5-13(6-8-14)16(20)17(12(3)4)9-15(18)19/h5-8,11-12H,9-10H2,1-4H3,(H,18,19). The highest BCUT2D eigenvalue weighted by atomic mass is 16.5. The lowest BCUT2D eigenvalue weighted by molar-refractivity contribution is -0.138. The average Bonchev–Trinajstić information content (AvgIpc) is 2.42. The lowest BCUT2D eigenvalue weighted by Gasteiger charge is -2.25. The van der Waals surface area contributed by atoms with E-state index in [-0.39, 0.29) is 18.5 Å². The van der Waals surface area contributed by atoms with Gasteiger partial charge in [0, 0.05) is 11.6 Å². The first kappa shape index (κ1) is 17.0. The molecule has 1 aromatic carbocycles. The molecule has 5 heteroatoms. The van der Waals surface area contributed by atoms with E-state index >= 15 is 0 Å². The van der Waals surface area contributed by atoms with Crippen LogP contribution >= 0.6 is 0 Å². The fourth-order valence-electron chi connectivity index (χ4n) is 1.76. The zero-order chi connectivity index (χ0) is 16.0. The van der Waals surface area contributed by atoms with E-state index in [0.717, 1.165) is 0 Å². The Bertz CT molecular complexity index is 480. The molecule has 0 aliphatic carbocycles. The Balaban J connectivity index is 2.79. The molecule has 0 atom stereocenters. The number of ether oxygens (including phenoxy) is 1. The van der Waals surface area contributed by atoms with Gasteiger partial charge in [0.25, 0.3) is 5.91 Å². The van der Waals surface area contributed by atoms with Crippen LogP contribution in [0.5, 0.6) is 5.75 Å². The molecule has 1 amide bonds. The highest BCUT2D eigenvalue weighted by Crippen LogP contribution is 2.15. The summed E-state index contributed by atoms with van der Waals surface area (Å²) in [4.78, 5) is 24.5. The molecular weight excluding hydrogens is 270 g/mol. The monoisotopic (exact) mass is 293 g/mol. The number of amides is 1.